The van der Waals surface area contributed by atoms with Crippen LogP contribution in [-0.4, -0.2) is 93.0 Å². The van der Waals surface area contributed by atoms with Crippen molar-refractivity contribution in [1.29, 1.82) is 5.41 Å². The minimum atomic E-state index is 0. The van der Waals surface area contributed by atoms with Crippen LogP contribution >= 0.6 is 12.4 Å². The molecule has 22 heteroatoms. The summed E-state index contributed by atoms with van der Waals surface area (Å²) in [5.41, 5.74) is 51.3. The number of aliphatic hydroxyl groups is 1. The number of pyridine rings is 4. The smallest absolute Gasteiger partial charge is 0.115 e. The SMILES string of the molecule is C1=Cc2cc(C3NC4=C(C5=C3CCCC5)C3C=NNC3C=C4)cnc2CC1.C=C/C=C(O)\C=C\C1NC2=C(C(C)=C1CCC)C1C=NNC1C=C2.C=c1cccn/c1=C/C=C/CC1=C(c2c(N)ccc3[nH]ncc23)CCCC1.CCCc1c(-c2ccc(O)cc2)nc2ccc3[nH]ncc3c2c1C.Cl.F.N=Cc1cc(N=C(C2=CCCCC2)c2nccc3ccccc23)ccc1N. The van der Waals surface area contributed by atoms with E-state index in [1.54, 1.807) is 47.7 Å². The molecule has 0 bridgehead atoms. The molecule has 20 nitrogen and oxygen atoms in total. The topological polar surface area (TPSA) is 310 Å². The standard InChI is InChI=1S/2C23H24N4.C23H22N4.C20H19N3O.C20H25N3O.ClH.FH/c1-4-8-19-14(5-1)11-15(12-24-19)23-17-7-3-2-6-16(17)22-18-13-25-27-20(18)9-10-21(22)26-23;1-16-7-6-14-25-21(16)11-5-3-9-17-8-2-4-10-18(17)23-19-15-26-27-22(19)13-12-20(23)24;24-15-18-14-19(10-11-21(18)25)27-22(17-7-2-1-3-8-17)23-20-9-5-4-6-16(20)12-13-26-23;1-3-4-15-12(2)19-16-11-21-23-17(16)9-10-18(19)22-20(15)13-5-7-14(24)8-6-13;1-4-6-14(24)8-9-17-15(7-5-2)13(3)20-16-12-21-23-18(16)10-11-19(20)22-17;;/h1,5,9-13,18,20,23,26-27H,2-4,6-8H2;3,5-7,11-15H,1-2,4,8-10,24H2,(H,26,27);4-7,9-15,24H,1-3,8,25H2;5-11,24H,3-4H2,1-2H3,(H,21,23);4,6,8-12,16-18,22-24H,1,5,7H2,2-3H3;2*1H/b;5-3+,21-11+;;;9-8+,14-6+;;. The average molecular weight is 1760 g/mol. The number of hydrazone groups is 2. The van der Waals surface area contributed by atoms with E-state index in [-0.39, 0.29) is 46.7 Å². The molecule has 21 rings (SSSR count). The number of aromatic hydroxyl groups is 1. The number of aliphatic hydroxyl groups excluding tert-OH is 1. The Morgan fingerprint density at radius 1 is 0.695 bits per heavy atom. The average Bonchev–Trinajstić information content (AvgIpc) is 1.38. The Morgan fingerprint density at radius 3 is 2.18 bits per heavy atom. The zero-order valence-electron chi connectivity index (χ0n) is 74.9. The van der Waals surface area contributed by atoms with Crippen molar-refractivity contribution in [3.8, 4) is 17.0 Å². The van der Waals surface area contributed by atoms with E-state index in [4.69, 9.17) is 36.8 Å². The number of aliphatic imine (C=N–C) groups is 1. The van der Waals surface area contributed by atoms with E-state index < -0.39 is 0 Å². The number of aryl methyl sites for hydroxylation is 2. The van der Waals surface area contributed by atoms with Gasteiger partial charge in [0.15, 0.2) is 0 Å². The third kappa shape index (κ3) is 20.0. The van der Waals surface area contributed by atoms with Crippen molar-refractivity contribution >= 4 is 122 Å². The van der Waals surface area contributed by atoms with Crippen LogP contribution in [0.15, 0.2) is 303 Å². The Balaban J connectivity index is 0.000000125. The van der Waals surface area contributed by atoms with Gasteiger partial charge in [-0.15, -0.1) is 12.4 Å². The minimum absolute atomic E-state index is 0. The first-order valence-electron chi connectivity index (χ1n) is 45.7. The van der Waals surface area contributed by atoms with Gasteiger partial charge < -0.3 is 48.6 Å². The number of nitrogens with one attached hydrogen (secondary N) is 7. The molecule has 4 aliphatic heterocycles. The summed E-state index contributed by atoms with van der Waals surface area (Å²) in [5, 5.41) is 65.1. The van der Waals surface area contributed by atoms with Crippen molar-refractivity contribution in [2.75, 3.05) is 11.5 Å². The van der Waals surface area contributed by atoms with E-state index in [2.05, 4.69) is 183 Å². The molecule has 668 valence electrons. The second-order valence-electron chi connectivity index (χ2n) is 34.5. The van der Waals surface area contributed by atoms with Crippen LogP contribution in [0.2, 0.25) is 0 Å². The van der Waals surface area contributed by atoms with Gasteiger partial charge in [-0.3, -0.25) is 29.9 Å². The Hall–Kier alpha value is -14.2. The lowest BCUT2D eigenvalue weighted by atomic mass is 9.72. The molecule has 0 spiro atoms. The van der Waals surface area contributed by atoms with Gasteiger partial charge in [0.2, 0.25) is 0 Å². The van der Waals surface area contributed by atoms with Crippen molar-refractivity contribution < 1.29 is 14.9 Å². The molecule has 0 fully saturated rings. The van der Waals surface area contributed by atoms with Crippen LogP contribution in [0.4, 0.5) is 21.8 Å². The number of rotatable bonds is 17. The number of benzene rings is 5. The van der Waals surface area contributed by atoms with Crippen molar-refractivity contribution in [2.45, 2.75) is 174 Å². The zero-order valence-corrected chi connectivity index (χ0v) is 75.7. The minimum Gasteiger partial charge on any atom is -0.508 e. The van der Waals surface area contributed by atoms with Gasteiger partial charge in [0, 0.05) is 116 Å². The molecule has 6 unspecified atom stereocenters. The monoisotopic (exact) mass is 1760 g/mol. The maximum absolute atomic E-state index is 9.82. The van der Waals surface area contributed by atoms with Crippen molar-refractivity contribution in [3.63, 3.8) is 0 Å². The van der Waals surface area contributed by atoms with E-state index >= 15 is 0 Å². The lowest BCUT2D eigenvalue weighted by Gasteiger charge is -2.40. The fourth-order valence-electron chi connectivity index (χ4n) is 19.7. The van der Waals surface area contributed by atoms with Crippen molar-refractivity contribution in [2.24, 2.45) is 27.0 Å². The van der Waals surface area contributed by atoms with Gasteiger partial charge in [-0.05, 0) is 316 Å². The lowest BCUT2D eigenvalue weighted by molar-refractivity contribution is 0.432. The number of fused-ring (bicyclic) bond motifs is 11. The first-order valence-corrected chi connectivity index (χ1v) is 45.7. The first-order chi connectivity index (χ1) is 63.2. The van der Waals surface area contributed by atoms with Crippen LogP contribution in [0.5, 0.6) is 5.75 Å². The van der Waals surface area contributed by atoms with Gasteiger partial charge in [-0.1, -0.05) is 130 Å². The molecular weight excluding hydrogens is 1650 g/mol. The van der Waals surface area contributed by atoms with Crippen molar-refractivity contribution in [1.82, 2.24) is 61.8 Å². The number of halogens is 2. The van der Waals surface area contributed by atoms with Crippen LogP contribution in [0.3, 0.4) is 0 Å². The number of allylic oxidation sites excluding steroid dienone is 14. The number of nitrogen functional groups attached to an aromatic ring is 2. The highest BCUT2D eigenvalue weighted by molar-refractivity contribution is 6.19. The number of phenolic OH excluding ortho intramolecular Hbond substituents is 1. The molecular formula is C109H116ClFN18O2. The summed E-state index contributed by atoms with van der Waals surface area (Å²) in [6.07, 6.45) is 65.1. The maximum atomic E-state index is 9.82. The molecule has 0 radical (unpaired) electrons. The van der Waals surface area contributed by atoms with Gasteiger partial charge in [-0.25, -0.2) is 9.98 Å². The molecule has 10 aliphatic rings. The second kappa shape index (κ2) is 42.4. The van der Waals surface area contributed by atoms with Gasteiger partial charge in [0.1, 0.15) is 11.5 Å². The third-order valence-corrected chi connectivity index (χ3v) is 26.2. The highest BCUT2D eigenvalue weighted by atomic mass is 35.5. The number of hydrogen-bond donors (Lipinski definition) is 11. The van der Waals surface area contributed by atoms with Crippen LogP contribution < -0.4 is 43.5 Å². The number of H-pyrrole nitrogens is 2. The van der Waals surface area contributed by atoms with E-state index in [9.17, 15) is 10.2 Å². The Bertz CT molecular complexity index is 6780. The summed E-state index contributed by atoms with van der Waals surface area (Å²) in [4.78, 5) is 23.8. The summed E-state index contributed by atoms with van der Waals surface area (Å²) in [6, 6.07) is 38.4. The van der Waals surface area contributed by atoms with E-state index in [1.807, 2.05) is 122 Å². The number of hydrogen-bond acceptors (Lipinski definition) is 18. The Labute approximate surface area is 771 Å². The number of phenols is 1. The van der Waals surface area contributed by atoms with Gasteiger partial charge in [0.05, 0.1) is 81.2 Å². The number of nitrogens with zero attached hydrogens (tertiary/aromatic N) is 9. The zero-order chi connectivity index (χ0) is 88.9. The van der Waals surface area contributed by atoms with Crippen LogP contribution in [0, 0.1) is 24.2 Å². The number of anilines is 2. The normalized spacial score (nSPS) is 19.9. The Morgan fingerprint density at radius 2 is 1.42 bits per heavy atom. The summed E-state index contributed by atoms with van der Waals surface area (Å²) in [6.45, 7) is 16.4. The van der Waals surface area contributed by atoms with E-state index in [0.717, 1.165) is 165 Å². The number of aromatic amines is 2. The van der Waals surface area contributed by atoms with E-state index in [1.165, 1.54) is 136 Å². The highest BCUT2D eigenvalue weighted by Crippen LogP contribution is 2.48. The predicted molar refractivity (Wildman–Crippen MR) is 541 cm³/mol. The molecule has 6 aromatic heterocycles. The van der Waals surface area contributed by atoms with Crippen LogP contribution in [0.1, 0.15) is 181 Å². The predicted octanol–water partition coefficient (Wildman–Crippen LogP) is 22.1. The molecule has 10 heterocycles. The summed E-state index contributed by atoms with van der Waals surface area (Å²) in [7, 11) is 0. The van der Waals surface area contributed by atoms with Crippen LogP contribution in [0.25, 0.3) is 79.0 Å². The molecule has 131 heavy (non-hydrogen) atoms. The van der Waals surface area contributed by atoms with Crippen molar-refractivity contribution in [3.05, 3.63) is 343 Å². The van der Waals surface area contributed by atoms with E-state index in [0.29, 0.717) is 29.1 Å². The number of dihydropyridines is 2. The molecule has 6 aliphatic carbocycles. The summed E-state index contributed by atoms with van der Waals surface area (Å²) in [5.74, 6) is 1.15. The van der Waals surface area contributed by atoms with Gasteiger partial charge >= 0.3 is 0 Å². The quantitative estimate of drug-likeness (QED) is 0.0175. The van der Waals surface area contributed by atoms with Gasteiger partial charge in [0.25, 0.3) is 0 Å². The molecule has 0 saturated heterocycles. The third-order valence-electron chi connectivity index (χ3n) is 26.2. The molecule has 6 atom stereocenters. The number of nitrogens with two attached hydrogens (primary N) is 2. The largest absolute Gasteiger partial charge is 0.508 e. The van der Waals surface area contributed by atoms with Crippen LogP contribution in [-0.2, 0) is 12.8 Å². The molecule has 5 aromatic carbocycles. The summed E-state index contributed by atoms with van der Waals surface area (Å²) >= 11 is 0. The molecule has 0 saturated carbocycles. The molecule has 11 aromatic rings. The van der Waals surface area contributed by atoms with Gasteiger partial charge in [-0.2, -0.15) is 20.4 Å². The fourth-order valence-corrected chi connectivity index (χ4v) is 19.7. The lowest BCUT2D eigenvalue weighted by Crippen LogP contribution is -2.39. The molecule has 0 amide bonds. The first kappa shape index (κ1) is 91.6. The number of aromatic nitrogens is 8. The summed E-state index contributed by atoms with van der Waals surface area (Å²) < 4.78 is 0. The fraction of sp³-hybridized carbons (Fsp3) is 0.266. The second-order valence-corrected chi connectivity index (χ2v) is 34.5. The molecule has 13 N–H and O–H groups in total. The Kier molecular flexibility index (Phi) is 29.6. The highest BCUT2D eigenvalue weighted by Gasteiger charge is 2.40. The maximum Gasteiger partial charge on any atom is 0.115 e.